The molecule has 0 N–H and O–H groups in total. The molecule has 0 aliphatic carbocycles. The van der Waals surface area contributed by atoms with Gasteiger partial charge in [-0.05, 0) is 38.1 Å². The first kappa shape index (κ1) is 16.5. The average molecular weight is 314 g/mol. The Kier molecular flexibility index (Phi) is 5.30. The van der Waals surface area contributed by atoms with Crippen LogP contribution in [-0.4, -0.2) is 24.4 Å². The van der Waals surface area contributed by atoms with Crippen molar-refractivity contribution in [3.05, 3.63) is 58.1 Å². The molecule has 0 unspecified atom stereocenters. The van der Waals surface area contributed by atoms with Crippen molar-refractivity contribution in [2.75, 3.05) is 7.11 Å². The van der Waals surface area contributed by atoms with Crippen molar-refractivity contribution in [3.8, 4) is 11.5 Å². The number of nitro groups is 1. The molecule has 0 spiro atoms. The van der Waals surface area contributed by atoms with Gasteiger partial charge in [0.2, 0.25) is 0 Å². The van der Waals surface area contributed by atoms with Gasteiger partial charge in [0, 0.05) is 23.9 Å². The smallest absolute Gasteiger partial charge is 0.269 e. The zero-order valence-corrected chi connectivity index (χ0v) is 13.2. The molecule has 120 valence electrons. The number of hydrogen-bond acceptors (Lipinski definition) is 5. The zero-order valence-electron chi connectivity index (χ0n) is 13.2. The fourth-order valence-electron chi connectivity index (χ4n) is 1.96. The van der Waals surface area contributed by atoms with Crippen LogP contribution in [0.15, 0.2) is 47.5 Å². The first-order valence-corrected chi connectivity index (χ1v) is 7.13. The Morgan fingerprint density at radius 1 is 1.17 bits per heavy atom. The number of ether oxygens (including phenoxy) is 2. The lowest BCUT2D eigenvalue weighted by Crippen LogP contribution is -2.08. The van der Waals surface area contributed by atoms with E-state index in [1.807, 2.05) is 32.0 Å². The van der Waals surface area contributed by atoms with Crippen LogP contribution in [0.5, 0.6) is 11.5 Å². The summed E-state index contributed by atoms with van der Waals surface area (Å²) in [7, 11) is 1.58. The monoisotopic (exact) mass is 314 g/mol. The molecule has 0 fully saturated rings. The van der Waals surface area contributed by atoms with Crippen LogP contribution in [0.2, 0.25) is 0 Å². The van der Waals surface area contributed by atoms with E-state index >= 15 is 0 Å². The molecule has 0 bridgehead atoms. The Morgan fingerprint density at radius 2 is 1.87 bits per heavy atom. The molecule has 0 saturated carbocycles. The highest BCUT2D eigenvalue weighted by molar-refractivity contribution is 5.86. The first-order chi connectivity index (χ1) is 11.0. The SMILES string of the molecule is COc1cccc(C=Nc2ccc([N+](=O)[O-])cc2)c1OC(C)C. The molecule has 2 aromatic carbocycles. The van der Waals surface area contributed by atoms with Gasteiger partial charge in [-0.3, -0.25) is 15.1 Å². The maximum absolute atomic E-state index is 10.6. The maximum atomic E-state index is 10.6. The van der Waals surface area contributed by atoms with E-state index in [9.17, 15) is 10.1 Å². The number of hydrogen-bond donors (Lipinski definition) is 0. The fourth-order valence-corrected chi connectivity index (χ4v) is 1.96. The van der Waals surface area contributed by atoms with E-state index in [-0.39, 0.29) is 11.8 Å². The Bertz CT molecular complexity index is 709. The molecule has 23 heavy (non-hydrogen) atoms. The van der Waals surface area contributed by atoms with Crippen molar-refractivity contribution in [2.24, 2.45) is 4.99 Å². The van der Waals surface area contributed by atoms with E-state index < -0.39 is 4.92 Å². The van der Waals surface area contributed by atoms with Gasteiger partial charge in [-0.25, -0.2) is 0 Å². The van der Waals surface area contributed by atoms with Crippen LogP contribution >= 0.6 is 0 Å². The number of nitrogens with zero attached hydrogens (tertiary/aromatic N) is 2. The number of non-ortho nitro benzene ring substituents is 1. The average Bonchev–Trinajstić information content (AvgIpc) is 2.53. The number of methoxy groups -OCH3 is 1. The van der Waals surface area contributed by atoms with Gasteiger partial charge in [0.25, 0.3) is 5.69 Å². The second-order valence-electron chi connectivity index (χ2n) is 5.08. The molecule has 0 radical (unpaired) electrons. The van der Waals surface area contributed by atoms with E-state index in [1.165, 1.54) is 12.1 Å². The van der Waals surface area contributed by atoms with Gasteiger partial charge in [-0.1, -0.05) is 6.07 Å². The lowest BCUT2D eigenvalue weighted by Gasteiger charge is -2.15. The Hall–Kier alpha value is -2.89. The number of benzene rings is 2. The summed E-state index contributed by atoms with van der Waals surface area (Å²) in [5, 5.41) is 10.6. The minimum absolute atomic E-state index is 0.00201. The summed E-state index contributed by atoms with van der Waals surface area (Å²) >= 11 is 0. The van der Waals surface area contributed by atoms with E-state index in [2.05, 4.69) is 4.99 Å². The molecule has 6 nitrogen and oxygen atoms in total. The molecule has 0 atom stereocenters. The van der Waals surface area contributed by atoms with Crippen LogP contribution in [0.4, 0.5) is 11.4 Å². The molecular formula is C17H18N2O4. The lowest BCUT2D eigenvalue weighted by atomic mass is 10.2. The van der Waals surface area contributed by atoms with Gasteiger partial charge in [-0.15, -0.1) is 0 Å². The quantitative estimate of drug-likeness (QED) is 0.456. The summed E-state index contributed by atoms with van der Waals surface area (Å²) < 4.78 is 11.1. The maximum Gasteiger partial charge on any atom is 0.269 e. The van der Waals surface area contributed by atoms with Crippen molar-refractivity contribution in [3.63, 3.8) is 0 Å². The van der Waals surface area contributed by atoms with Gasteiger partial charge in [0.1, 0.15) is 0 Å². The molecule has 0 aliphatic rings. The van der Waals surface area contributed by atoms with Crippen LogP contribution in [0.25, 0.3) is 0 Å². The van der Waals surface area contributed by atoms with Crippen molar-refractivity contribution in [1.29, 1.82) is 0 Å². The second kappa shape index (κ2) is 7.40. The molecule has 2 aromatic rings. The predicted octanol–water partition coefficient (Wildman–Crippen LogP) is 4.14. The summed E-state index contributed by atoms with van der Waals surface area (Å²) in [6.07, 6.45) is 1.65. The minimum atomic E-state index is -0.440. The van der Waals surface area contributed by atoms with Crippen LogP contribution in [0, 0.1) is 10.1 Å². The number of aliphatic imine (C=N–C) groups is 1. The topological polar surface area (TPSA) is 74.0 Å². The normalized spacial score (nSPS) is 11.0. The van der Waals surface area contributed by atoms with Gasteiger partial charge < -0.3 is 9.47 Å². The third-order valence-corrected chi connectivity index (χ3v) is 3.00. The predicted molar refractivity (Wildman–Crippen MR) is 89.1 cm³/mol. The van der Waals surface area contributed by atoms with E-state index in [0.29, 0.717) is 17.2 Å². The Balaban J connectivity index is 2.29. The van der Waals surface area contributed by atoms with E-state index in [1.54, 1.807) is 25.5 Å². The van der Waals surface area contributed by atoms with E-state index in [4.69, 9.17) is 9.47 Å². The first-order valence-electron chi connectivity index (χ1n) is 7.13. The number of rotatable bonds is 6. The lowest BCUT2D eigenvalue weighted by molar-refractivity contribution is -0.384. The van der Waals surface area contributed by atoms with Crippen molar-refractivity contribution >= 4 is 17.6 Å². The van der Waals surface area contributed by atoms with Gasteiger partial charge in [0.15, 0.2) is 11.5 Å². The molecule has 0 heterocycles. The molecule has 0 aliphatic heterocycles. The van der Waals surface area contributed by atoms with Gasteiger partial charge in [0.05, 0.1) is 23.8 Å². The van der Waals surface area contributed by atoms with Crippen LogP contribution in [0.1, 0.15) is 19.4 Å². The molecule has 6 heteroatoms. The minimum Gasteiger partial charge on any atom is -0.493 e. The van der Waals surface area contributed by atoms with Crippen molar-refractivity contribution in [1.82, 2.24) is 0 Å². The largest absolute Gasteiger partial charge is 0.493 e. The van der Waals surface area contributed by atoms with Crippen LogP contribution in [0.3, 0.4) is 0 Å². The molecule has 0 amide bonds. The van der Waals surface area contributed by atoms with E-state index in [0.717, 1.165) is 5.56 Å². The number of nitro benzene ring substituents is 1. The molecular weight excluding hydrogens is 296 g/mol. The van der Waals surface area contributed by atoms with Gasteiger partial charge in [-0.2, -0.15) is 0 Å². The summed E-state index contributed by atoms with van der Waals surface area (Å²) in [5.41, 5.74) is 1.43. The highest BCUT2D eigenvalue weighted by Crippen LogP contribution is 2.31. The highest BCUT2D eigenvalue weighted by atomic mass is 16.6. The summed E-state index contributed by atoms with van der Waals surface area (Å²) in [6.45, 7) is 3.87. The fraction of sp³-hybridized carbons (Fsp3) is 0.235. The number of para-hydroxylation sites is 1. The summed E-state index contributed by atoms with van der Waals surface area (Å²) in [5.74, 6) is 1.25. The molecule has 2 rings (SSSR count). The second-order valence-corrected chi connectivity index (χ2v) is 5.08. The molecule has 0 aromatic heterocycles. The third kappa shape index (κ3) is 4.29. The zero-order chi connectivity index (χ0) is 16.8. The summed E-state index contributed by atoms with van der Waals surface area (Å²) in [6, 6.07) is 11.6. The molecule has 0 saturated heterocycles. The summed E-state index contributed by atoms with van der Waals surface area (Å²) in [4.78, 5) is 14.5. The van der Waals surface area contributed by atoms with Gasteiger partial charge >= 0.3 is 0 Å². The van der Waals surface area contributed by atoms with Crippen LogP contribution < -0.4 is 9.47 Å². The van der Waals surface area contributed by atoms with Crippen LogP contribution in [-0.2, 0) is 0 Å². The Morgan fingerprint density at radius 3 is 2.43 bits per heavy atom. The van der Waals surface area contributed by atoms with Crippen molar-refractivity contribution < 1.29 is 14.4 Å². The Labute approximate surface area is 134 Å². The standard InChI is InChI=1S/C17H18N2O4/c1-12(2)23-17-13(5-4-6-16(17)22-3)11-18-14-7-9-15(10-8-14)19(20)21/h4-12H,1-3H3. The highest BCUT2D eigenvalue weighted by Gasteiger charge is 2.11. The van der Waals surface area contributed by atoms with Crippen molar-refractivity contribution in [2.45, 2.75) is 20.0 Å². The third-order valence-electron chi connectivity index (χ3n) is 3.00.